The molecule has 158 valence electrons. The van der Waals surface area contributed by atoms with Crippen LogP contribution in [0.2, 0.25) is 0 Å². The quantitative estimate of drug-likeness (QED) is 0.445. The number of amides is 2. The second-order valence-corrected chi connectivity index (χ2v) is 8.47. The topological polar surface area (TPSA) is 108 Å². The van der Waals surface area contributed by atoms with E-state index in [9.17, 15) is 18.4 Å². The van der Waals surface area contributed by atoms with Crippen LogP contribution in [0.5, 0.6) is 0 Å². The zero-order valence-corrected chi connectivity index (χ0v) is 16.9. The summed E-state index contributed by atoms with van der Waals surface area (Å²) in [5.41, 5.74) is 5.20. The molecule has 0 spiro atoms. The number of halogens is 2. The summed E-state index contributed by atoms with van der Waals surface area (Å²) in [6, 6.07) is 2.31. The van der Waals surface area contributed by atoms with Gasteiger partial charge in [-0.1, -0.05) is 20.8 Å². The summed E-state index contributed by atoms with van der Waals surface area (Å²) < 4.78 is 26.6. The van der Waals surface area contributed by atoms with E-state index in [-0.39, 0.29) is 28.4 Å². The maximum atomic E-state index is 13.3. The van der Waals surface area contributed by atoms with Crippen molar-refractivity contribution in [3.05, 3.63) is 46.8 Å². The monoisotopic (exact) mass is 406 g/mol. The molecule has 1 aliphatic rings. The van der Waals surface area contributed by atoms with E-state index < -0.39 is 23.4 Å². The highest BCUT2D eigenvalue weighted by atomic mass is 19.1. The zero-order valence-electron chi connectivity index (χ0n) is 16.9. The molecule has 1 aromatic rings. The standard InChI is InChI=1S/C21H28F2N4O2/c1-21(2,3)13-4-6-16(7-5-13)26-20(29)18(25)17(11-24)27-19(28)12-8-14(22)10-15(23)9-12/h8-11,13,16,24H,4-7,25H2,1-3H3,(H,26,29)(H,27,28). The average molecular weight is 406 g/mol. The van der Waals surface area contributed by atoms with Crippen LogP contribution >= 0.6 is 0 Å². The van der Waals surface area contributed by atoms with E-state index in [0.29, 0.717) is 12.0 Å². The fourth-order valence-corrected chi connectivity index (χ4v) is 3.55. The lowest BCUT2D eigenvalue weighted by atomic mass is 9.71. The summed E-state index contributed by atoms with van der Waals surface area (Å²) in [6.45, 7) is 6.63. The average Bonchev–Trinajstić information content (AvgIpc) is 2.64. The van der Waals surface area contributed by atoms with Crippen molar-refractivity contribution in [3.63, 3.8) is 0 Å². The van der Waals surface area contributed by atoms with Crippen LogP contribution in [0.1, 0.15) is 56.8 Å². The minimum absolute atomic E-state index is 0.0281. The van der Waals surface area contributed by atoms with E-state index >= 15 is 0 Å². The number of nitrogens with two attached hydrogens (primary N) is 1. The number of hydrogen-bond acceptors (Lipinski definition) is 4. The summed E-state index contributed by atoms with van der Waals surface area (Å²) >= 11 is 0. The van der Waals surface area contributed by atoms with Gasteiger partial charge in [0.05, 0.1) is 5.70 Å². The van der Waals surface area contributed by atoms with Crippen molar-refractivity contribution in [1.82, 2.24) is 10.6 Å². The number of rotatable bonds is 5. The van der Waals surface area contributed by atoms with Gasteiger partial charge in [0.25, 0.3) is 11.8 Å². The van der Waals surface area contributed by atoms with Gasteiger partial charge in [0, 0.05) is 23.9 Å². The molecule has 0 saturated heterocycles. The molecule has 1 fully saturated rings. The van der Waals surface area contributed by atoms with Crippen molar-refractivity contribution in [2.45, 2.75) is 52.5 Å². The molecule has 6 nitrogen and oxygen atoms in total. The number of benzene rings is 1. The minimum Gasteiger partial charge on any atom is -0.393 e. The first-order valence-corrected chi connectivity index (χ1v) is 9.59. The molecule has 1 aliphatic carbocycles. The van der Waals surface area contributed by atoms with E-state index in [1.54, 1.807) is 0 Å². The molecular weight excluding hydrogens is 378 g/mol. The van der Waals surface area contributed by atoms with Crippen molar-refractivity contribution < 1.29 is 18.4 Å². The third-order valence-corrected chi connectivity index (χ3v) is 5.34. The smallest absolute Gasteiger partial charge is 0.269 e. The number of allylic oxidation sites excluding steroid dienone is 1. The Bertz CT molecular complexity index is 802. The molecule has 8 heteroatoms. The maximum Gasteiger partial charge on any atom is 0.269 e. The highest BCUT2D eigenvalue weighted by Crippen LogP contribution is 2.37. The van der Waals surface area contributed by atoms with Gasteiger partial charge >= 0.3 is 0 Å². The second kappa shape index (κ2) is 9.15. The minimum atomic E-state index is -0.910. The number of carbonyl (C=O) groups excluding carboxylic acids is 2. The Morgan fingerprint density at radius 2 is 1.66 bits per heavy atom. The molecule has 0 atom stereocenters. The largest absolute Gasteiger partial charge is 0.393 e. The second-order valence-electron chi connectivity index (χ2n) is 8.47. The van der Waals surface area contributed by atoms with Crippen molar-refractivity contribution in [3.8, 4) is 0 Å². The maximum absolute atomic E-state index is 13.3. The van der Waals surface area contributed by atoms with Crippen LogP contribution < -0.4 is 16.4 Å². The Morgan fingerprint density at radius 1 is 1.10 bits per heavy atom. The van der Waals surface area contributed by atoms with Crippen LogP contribution in [0.3, 0.4) is 0 Å². The highest BCUT2D eigenvalue weighted by molar-refractivity contribution is 6.03. The molecule has 1 aromatic carbocycles. The van der Waals surface area contributed by atoms with Gasteiger partial charge in [0.2, 0.25) is 0 Å². The van der Waals surface area contributed by atoms with Crippen LogP contribution in [-0.2, 0) is 4.79 Å². The van der Waals surface area contributed by atoms with E-state index in [2.05, 4.69) is 31.4 Å². The number of carbonyl (C=O) groups is 2. The predicted molar refractivity (Wildman–Crippen MR) is 107 cm³/mol. The Balaban J connectivity index is 2.03. The molecule has 5 N–H and O–H groups in total. The number of hydrogen-bond donors (Lipinski definition) is 4. The molecule has 1 saturated carbocycles. The third-order valence-electron chi connectivity index (χ3n) is 5.34. The van der Waals surface area contributed by atoms with Gasteiger partial charge in [-0.2, -0.15) is 0 Å². The first kappa shape index (κ1) is 22.5. The summed E-state index contributed by atoms with van der Waals surface area (Å²) in [4.78, 5) is 24.6. The lowest BCUT2D eigenvalue weighted by Crippen LogP contribution is -2.42. The molecule has 0 heterocycles. The van der Waals surface area contributed by atoms with Crippen LogP contribution in [-0.4, -0.2) is 24.1 Å². The van der Waals surface area contributed by atoms with Crippen molar-refractivity contribution in [2.75, 3.05) is 0 Å². The summed E-state index contributed by atoms with van der Waals surface area (Å²) in [7, 11) is 0. The third kappa shape index (κ3) is 6.10. The van der Waals surface area contributed by atoms with Gasteiger partial charge in [0.1, 0.15) is 17.3 Å². The normalized spacial score (nSPS) is 20.4. The van der Waals surface area contributed by atoms with Gasteiger partial charge < -0.3 is 21.8 Å². The van der Waals surface area contributed by atoms with E-state index in [1.807, 2.05) is 0 Å². The Kier molecular flexibility index (Phi) is 7.11. The fraction of sp³-hybridized carbons (Fsp3) is 0.476. The SMILES string of the molecule is CC(C)(C)C1CCC(NC(=O)C(N)=C(C=N)NC(=O)c2cc(F)cc(F)c2)CC1. The van der Waals surface area contributed by atoms with E-state index in [4.69, 9.17) is 11.1 Å². The van der Waals surface area contributed by atoms with Crippen LogP contribution in [0.15, 0.2) is 29.6 Å². The molecular formula is C21H28F2N4O2. The lowest BCUT2D eigenvalue weighted by Gasteiger charge is -2.37. The summed E-state index contributed by atoms with van der Waals surface area (Å²) in [5.74, 6) is -2.69. The van der Waals surface area contributed by atoms with Gasteiger partial charge in [-0.25, -0.2) is 8.78 Å². The fourth-order valence-electron chi connectivity index (χ4n) is 3.55. The molecule has 0 aromatic heterocycles. The van der Waals surface area contributed by atoms with Crippen LogP contribution in [0.4, 0.5) is 8.78 Å². The molecule has 29 heavy (non-hydrogen) atoms. The molecule has 0 unspecified atom stereocenters. The van der Waals surface area contributed by atoms with Gasteiger partial charge in [-0.05, 0) is 49.1 Å². The molecule has 0 radical (unpaired) electrons. The van der Waals surface area contributed by atoms with Crippen molar-refractivity contribution >= 4 is 18.0 Å². The Labute approximate surface area is 169 Å². The van der Waals surface area contributed by atoms with Crippen LogP contribution in [0.25, 0.3) is 0 Å². The van der Waals surface area contributed by atoms with Crippen LogP contribution in [0, 0.1) is 28.4 Å². The van der Waals surface area contributed by atoms with Crippen molar-refractivity contribution in [2.24, 2.45) is 17.1 Å². The highest BCUT2D eigenvalue weighted by Gasteiger charge is 2.30. The first-order chi connectivity index (χ1) is 13.5. The molecule has 0 aliphatic heterocycles. The summed E-state index contributed by atoms with van der Waals surface area (Å²) in [5, 5.41) is 12.5. The predicted octanol–water partition coefficient (Wildman–Crippen LogP) is 3.24. The van der Waals surface area contributed by atoms with E-state index in [0.717, 1.165) is 44.0 Å². The molecule has 2 amide bonds. The Hall–Kier alpha value is -2.77. The van der Waals surface area contributed by atoms with Gasteiger partial charge in [0.15, 0.2) is 0 Å². The van der Waals surface area contributed by atoms with E-state index in [1.165, 1.54) is 0 Å². The summed E-state index contributed by atoms with van der Waals surface area (Å²) in [6.07, 6.45) is 4.37. The molecule has 2 rings (SSSR count). The Morgan fingerprint density at radius 3 is 2.14 bits per heavy atom. The first-order valence-electron chi connectivity index (χ1n) is 9.59. The number of nitrogens with one attached hydrogen (secondary N) is 3. The van der Waals surface area contributed by atoms with Gasteiger partial charge in [-0.3, -0.25) is 9.59 Å². The zero-order chi connectivity index (χ0) is 21.8. The van der Waals surface area contributed by atoms with Crippen molar-refractivity contribution in [1.29, 1.82) is 5.41 Å². The lowest BCUT2D eigenvalue weighted by molar-refractivity contribution is -0.118. The van der Waals surface area contributed by atoms with Gasteiger partial charge in [-0.15, -0.1) is 0 Å². The molecule has 0 bridgehead atoms.